The number of nitrogens with zero attached hydrogens (tertiary/aromatic N) is 1. The molecule has 5 nitrogen and oxygen atoms in total. The summed E-state index contributed by atoms with van der Waals surface area (Å²) in [6.45, 7) is 7.92. The first kappa shape index (κ1) is 17.9. The van der Waals surface area contributed by atoms with Crippen LogP contribution >= 0.6 is 0 Å². The molecule has 0 aliphatic heterocycles. The number of carbonyl (C=O) groups excluding carboxylic acids is 2. The van der Waals surface area contributed by atoms with E-state index in [1.807, 2.05) is 32.0 Å². The van der Waals surface area contributed by atoms with Crippen LogP contribution < -0.4 is 10.7 Å². The standard InChI is InChI=1S/C17H25N3O2/c1-5-7-14(8-6-2)19-20-17(22)16(21)18-15-11-12(3)9-10-13(15)4/h9-11H,5-8H2,1-4H3,(H,18,21)(H,20,22). The number of aryl methyl sites for hydroxylation is 2. The fourth-order valence-corrected chi connectivity index (χ4v) is 2.04. The van der Waals surface area contributed by atoms with Crippen molar-refractivity contribution in [2.75, 3.05) is 5.32 Å². The Morgan fingerprint density at radius 2 is 1.68 bits per heavy atom. The number of anilines is 1. The average molecular weight is 303 g/mol. The minimum Gasteiger partial charge on any atom is -0.317 e. The molecule has 0 atom stereocenters. The second-order valence-electron chi connectivity index (χ2n) is 5.39. The molecule has 0 heterocycles. The van der Waals surface area contributed by atoms with E-state index in [1.165, 1.54) is 0 Å². The molecule has 1 aromatic rings. The van der Waals surface area contributed by atoms with Gasteiger partial charge >= 0.3 is 11.8 Å². The van der Waals surface area contributed by atoms with Gasteiger partial charge in [0.05, 0.1) is 0 Å². The number of nitrogens with one attached hydrogen (secondary N) is 2. The van der Waals surface area contributed by atoms with Crippen LogP contribution in [0.1, 0.15) is 50.7 Å². The first-order valence-electron chi connectivity index (χ1n) is 7.71. The largest absolute Gasteiger partial charge is 0.329 e. The molecule has 0 spiro atoms. The van der Waals surface area contributed by atoms with Crippen LogP contribution in [0.5, 0.6) is 0 Å². The SMILES string of the molecule is CCCC(CCC)=NNC(=O)C(=O)Nc1cc(C)ccc1C. The van der Waals surface area contributed by atoms with Crippen molar-refractivity contribution in [2.24, 2.45) is 5.10 Å². The van der Waals surface area contributed by atoms with Gasteiger partial charge in [-0.3, -0.25) is 9.59 Å². The second kappa shape index (κ2) is 8.97. The highest BCUT2D eigenvalue weighted by molar-refractivity contribution is 6.39. The van der Waals surface area contributed by atoms with Crippen molar-refractivity contribution in [1.82, 2.24) is 5.43 Å². The highest BCUT2D eigenvalue weighted by Gasteiger charge is 2.14. The lowest BCUT2D eigenvalue weighted by molar-refractivity contribution is -0.136. The fraction of sp³-hybridized carbons (Fsp3) is 0.471. The molecule has 0 aliphatic rings. The molecule has 0 aliphatic carbocycles. The van der Waals surface area contributed by atoms with Gasteiger partial charge in [0.25, 0.3) is 0 Å². The first-order valence-corrected chi connectivity index (χ1v) is 7.71. The van der Waals surface area contributed by atoms with Crippen LogP contribution in [-0.2, 0) is 9.59 Å². The molecule has 1 aromatic carbocycles. The molecule has 0 fully saturated rings. The third kappa shape index (κ3) is 5.68. The predicted molar refractivity (Wildman–Crippen MR) is 89.9 cm³/mol. The van der Waals surface area contributed by atoms with Crippen molar-refractivity contribution < 1.29 is 9.59 Å². The van der Waals surface area contributed by atoms with Gasteiger partial charge in [-0.2, -0.15) is 5.10 Å². The number of hydrazone groups is 1. The number of hydrogen-bond acceptors (Lipinski definition) is 3. The quantitative estimate of drug-likeness (QED) is 0.481. The van der Waals surface area contributed by atoms with Gasteiger partial charge in [0.2, 0.25) is 0 Å². The van der Waals surface area contributed by atoms with Crippen LogP contribution in [0.15, 0.2) is 23.3 Å². The zero-order valence-corrected chi connectivity index (χ0v) is 13.8. The summed E-state index contributed by atoms with van der Waals surface area (Å²) in [6.07, 6.45) is 3.58. The minimum absolute atomic E-state index is 0.645. The van der Waals surface area contributed by atoms with Gasteiger partial charge in [0.15, 0.2) is 0 Å². The van der Waals surface area contributed by atoms with E-state index in [-0.39, 0.29) is 0 Å². The number of hydrogen-bond donors (Lipinski definition) is 2. The molecule has 0 aromatic heterocycles. The third-order valence-corrected chi connectivity index (χ3v) is 3.24. The maximum Gasteiger partial charge on any atom is 0.329 e. The van der Waals surface area contributed by atoms with Gasteiger partial charge in [-0.1, -0.05) is 38.8 Å². The van der Waals surface area contributed by atoms with E-state index >= 15 is 0 Å². The molecule has 2 N–H and O–H groups in total. The average Bonchev–Trinajstić information content (AvgIpc) is 2.48. The highest BCUT2D eigenvalue weighted by Crippen LogP contribution is 2.16. The summed E-state index contributed by atoms with van der Waals surface area (Å²) in [5.74, 6) is -1.45. The molecule has 0 bridgehead atoms. The molecule has 0 radical (unpaired) electrons. The van der Waals surface area contributed by atoms with E-state index in [0.29, 0.717) is 5.69 Å². The zero-order valence-electron chi connectivity index (χ0n) is 13.8. The van der Waals surface area contributed by atoms with E-state index in [1.54, 1.807) is 0 Å². The maximum absolute atomic E-state index is 11.9. The number of carbonyl (C=O) groups is 2. The number of rotatable bonds is 6. The third-order valence-electron chi connectivity index (χ3n) is 3.24. The first-order chi connectivity index (χ1) is 10.5. The number of amides is 2. The Labute approximate surface area is 132 Å². The topological polar surface area (TPSA) is 70.6 Å². The Bertz CT molecular complexity index is 557. The monoisotopic (exact) mass is 303 g/mol. The Morgan fingerprint density at radius 3 is 2.27 bits per heavy atom. The summed E-state index contributed by atoms with van der Waals surface area (Å²) in [6, 6.07) is 5.70. The van der Waals surface area contributed by atoms with Gasteiger partial charge in [-0.15, -0.1) is 0 Å². The summed E-state index contributed by atoms with van der Waals surface area (Å²) in [5, 5.41) is 6.68. The highest BCUT2D eigenvalue weighted by atomic mass is 16.2. The summed E-state index contributed by atoms with van der Waals surface area (Å²) in [7, 11) is 0. The van der Waals surface area contributed by atoms with Crippen LogP contribution in [0.4, 0.5) is 5.69 Å². The minimum atomic E-state index is -0.745. The van der Waals surface area contributed by atoms with E-state index < -0.39 is 11.8 Å². The van der Waals surface area contributed by atoms with Crippen molar-refractivity contribution in [3.63, 3.8) is 0 Å². The van der Waals surface area contributed by atoms with Crippen LogP contribution in [-0.4, -0.2) is 17.5 Å². The zero-order chi connectivity index (χ0) is 16.5. The van der Waals surface area contributed by atoms with Gasteiger partial charge in [0, 0.05) is 11.4 Å². The molecule has 22 heavy (non-hydrogen) atoms. The fourth-order valence-electron chi connectivity index (χ4n) is 2.04. The van der Waals surface area contributed by atoms with Gasteiger partial charge in [-0.05, 0) is 43.9 Å². The maximum atomic E-state index is 11.9. The molecular formula is C17H25N3O2. The van der Waals surface area contributed by atoms with Crippen LogP contribution in [0.2, 0.25) is 0 Å². The Morgan fingerprint density at radius 1 is 1.05 bits per heavy atom. The smallest absolute Gasteiger partial charge is 0.317 e. The van der Waals surface area contributed by atoms with E-state index in [0.717, 1.165) is 42.5 Å². The van der Waals surface area contributed by atoms with Crippen molar-refractivity contribution in [3.05, 3.63) is 29.3 Å². The summed E-state index contributed by atoms with van der Waals surface area (Å²) < 4.78 is 0. The Hall–Kier alpha value is -2.17. The van der Waals surface area contributed by atoms with Crippen LogP contribution in [0.3, 0.4) is 0 Å². The molecule has 120 valence electrons. The normalized spacial score (nSPS) is 10.0. The van der Waals surface area contributed by atoms with E-state index in [4.69, 9.17) is 0 Å². The predicted octanol–water partition coefficient (Wildman–Crippen LogP) is 3.31. The Kier molecular flexibility index (Phi) is 7.29. The molecule has 0 saturated carbocycles. The van der Waals surface area contributed by atoms with Gasteiger partial charge < -0.3 is 5.32 Å². The van der Waals surface area contributed by atoms with Crippen molar-refractivity contribution >= 4 is 23.2 Å². The molecule has 0 saturated heterocycles. The Balaban J connectivity index is 2.67. The summed E-state index contributed by atoms with van der Waals surface area (Å²) >= 11 is 0. The molecule has 1 rings (SSSR count). The lowest BCUT2D eigenvalue weighted by Gasteiger charge is -2.09. The summed E-state index contributed by atoms with van der Waals surface area (Å²) in [5.41, 5.74) is 5.83. The van der Waals surface area contributed by atoms with E-state index in [9.17, 15) is 9.59 Å². The molecule has 5 heteroatoms. The van der Waals surface area contributed by atoms with Crippen molar-refractivity contribution in [3.8, 4) is 0 Å². The molecule has 2 amide bonds. The second-order valence-corrected chi connectivity index (χ2v) is 5.39. The summed E-state index contributed by atoms with van der Waals surface area (Å²) in [4.78, 5) is 23.7. The van der Waals surface area contributed by atoms with Crippen LogP contribution in [0.25, 0.3) is 0 Å². The van der Waals surface area contributed by atoms with E-state index in [2.05, 4.69) is 29.7 Å². The number of benzene rings is 1. The lowest BCUT2D eigenvalue weighted by atomic mass is 10.1. The lowest BCUT2D eigenvalue weighted by Crippen LogP contribution is -2.33. The van der Waals surface area contributed by atoms with Crippen molar-refractivity contribution in [1.29, 1.82) is 0 Å². The van der Waals surface area contributed by atoms with Gasteiger partial charge in [-0.25, -0.2) is 5.43 Å². The molecular weight excluding hydrogens is 278 g/mol. The van der Waals surface area contributed by atoms with Gasteiger partial charge in [0.1, 0.15) is 0 Å². The van der Waals surface area contributed by atoms with Crippen LogP contribution in [0, 0.1) is 13.8 Å². The van der Waals surface area contributed by atoms with Crippen molar-refractivity contribution in [2.45, 2.75) is 53.4 Å². The molecule has 0 unspecified atom stereocenters.